The van der Waals surface area contributed by atoms with E-state index in [4.69, 9.17) is 21.5 Å². The summed E-state index contributed by atoms with van der Waals surface area (Å²) in [5.41, 5.74) is -0.257. The molecule has 0 aliphatic carbocycles. The smallest absolute Gasteiger partial charge is 0.406 e. The third-order valence-corrected chi connectivity index (χ3v) is 2.43. The van der Waals surface area contributed by atoms with Gasteiger partial charge in [0.15, 0.2) is 9.87 Å². The van der Waals surface area contributed by atoms with Crippen molar-refractivity contribution in [2.75, 3.05) is 0 Å². The van der Waals surface area contributed by atoms with Gasteiger partial charge in [-0.2, -0.15) is 8.42 Å². The van der Waals surface area contributed by atoms with Crippen LogP contribution in [0.3, 0.4) is 0 Å². The minimum absolute atomic E-state index is 0. The quantitative estimate of drug-likeness (QED) is 0.537. The predicted molar refractivity (Wildman–Crippen MR) is 46.0 cm³/mol. The molecule has 1 aromatic rings. The van der Waals surface area contributed by atoms with Gasteiger partial charge in [0.1, 0.15) is 0 Å². The Morgan fingerprint density at radius 1 is 1.43 bits per heavy atom. The van der Waals surface area contributed by atoms with Crippen LogP contribution in [-0.2, 0) is 10.1 Å². The highest BCUT2D eigenvalue weighted by molar-refractivity contribution is 7.86. The molecule has 1 N–H and O–H groups in total. The van der Waals surface area contributed by atoms with Crippen LogP contribution in [0.25, 0.3) is 4.98 Å². The standard InChI is InChI=1S/C6H3ClN2O3S.BrH/c7-4-1-2-5(9-8)6(3-4)13(10,11)12;/h1-3H;1H. The maximum atomic E-state index is 10.7. The van der Waals surface area contributed by atoms with E-state index in [0.29, 0.717) is 0 Å². The van der Waals surface area contributed by atoms with Gasteiger partial charge in [0, 0.05) is 11.1 Å². The molecule has 1 rings (SSSR count). The average Bonchev–Trinajstić information content (AvgIpc) is 2.03. The van der Waals surface area contributed by atoms with Gasteiger partial charge in [0.05, 0.1) is 0 Å². The van der Waals surface area contributed by atoms with Crippen molar-refractivity contribution in [3.63, 3.8) is 0 Å². The third-order valence-electron chi connectivity index (χ3n) is 1.31. The van der Waals surface area contributed by atoms with Crippen molar-refractivity contribution < 1.29 is 30.0 Å². The Morgan fingerprint density at radius 2 is 2.00 bits per heavy atom. The molecule has 8 heteroatoms. The first-order valence-electron chi connectivity index (χ1n) is 3.07. The fourth-order valence-corrected chi connectivity index (χ4v) is 1.66. The van der Waals surface area contributed by atoms with Crippen LogP contribution in [0.15, 0.2) is 23.1 Å². The molecule has 0 aromatic heterocycles. The van der Waals surface area contributed by atoms with Gasteiger partial charge in [-0.05, 0) is 12.1 Å². The zero-order valence-corrected chi connectivity index (χ0v) is 9.71. The fraction of sp³-hybridized carbons (Fsp3) is 0. The van der Waals surface area contributed by atoms with Gasteiger partial charge in [-0.1, -0.05) is 11.6 Å². The first-order chi connectivity index (χ1) is 5.95. The van der Waals surface area contributed by atoms with Gasteiger partial charge in [-0.15, -0.1) is 0 Å². The number of halogens is 2. The Labute approximate surface area is 95.8 Å². The Morgan fingerprint density at radius 3 is 2.43 bits per heavy atom. The van der Waals surface area contributed by atoms with E-state index in [2.05, 4.69) is 4.98 Å². The van der Waals surface area contributed by atoms with Crippen molar-refractivity contribution in [2.45, 2.75) is 4.90 Å². The van der Waals surface area contributed by atoms with E-state index in [1.807, 2.05) is 0 Å². The van der Waals surface area contributed by atoms with Crippen LogP contribution in [0.1, 0.15) is 0 Å². The molecule has 76 valence electrons. The zero-order chi connectivity index (χ0) is 10.1. The van der Waals surface area contributed by atoms with E-state index in [-0.39, 0.29) is 27.7 Å². The number of hydrogen-bond acceptors (Lipinski definition) is 3. The summed E-state index contributed by atoms with van der Waals surface area (Å²) < 4.78 is 30.0. The van der Waals surface area contributed by atoms with E-state index < -0.39 is 15.0 Å². The Hall–Kier alpha value is -0.680. The van der Waals surface area contributed by atoms with E-state index in [9.17, 15) is 8.42 Å². The van der Waals surface area contributed by atoms with Gasteiger partial charge in [-0.25, -0.2) is 0 Å². The summed E-state index contributed by atoms with van der Waals surface area (Å²) in [4.78, 5) is 2.15. The molecule has 14 heavy (non-hydrogen) atoms. The van der Waals surface area contributed by atoms with E-state index >= 15 is 0 Å². The first kappa shape index (κ1) is 13.3. The van der Waals surface area contributed by atoms with Crippen LogP contribution >= 0.6 is 11.6 Å². The molecule has 0 amide bonds. The molecule has 0 saturated carbocycles. The summed E-state index contributed by atoms with van der Waals surface area (Å²) in [6, 6.07) is 3.50. The van der Waals surface area contributed by atoms with Crippen LogP contribution in [0.4, 0.5) is 5.69 Å². The van der Waals surface area contributed by atoms with Crippen LogP contribution < -0.4 is 17.0 Å². The third kappa shape index (κ3) is 2.92. The second kappa shape index (κ2) is 4.70. The minimum atomic E-state index is -4.41. The van der Waals surface area contributed by atoms with Crippen molar-refractivity contribution >= 4 is 27.4 Å². The summed E-state index contributed by atoms with van der Waals surface area (Å²) in [6.07, 6.45) is 0. The molecule has 0 radical (unpaired) electrons. The molecule has 1 aromatic carbocycles. The summed E-state index contributed by atoms with van der Waals surface area (Å²) in [7, 11) is -4.41. The van der Waals surface area contributed by atoms with Gasteiger partial charge in [-0.3, -0.25) is 4.55 Å². The molecule has 0 fully saturated rings. The van der Waals surface area contributed by atoms with Gasteiger partial charge in [0.2, 0.25) is 5.39 Å². The summed E-state index contributed by atoms with van der Waals surface area (Å²) in [5.74, 6) is 0. The van der Waals surface area contributed by atoms with Gasteiger partial charge in [0.25, 0.3) is 0 Å². The van der Waals surface area contributed by atoms with Gasteiger partial charge >= 0.3 is 15.8 Å². The molecular weight excluding hydrogens is 296 g/mol. The van der Waals surface area contributed by atoms with Crippen LogP contribution in [0.2, 0.25) is 5.02 Å². The van der Waals surface area contributed by atoms with Crippen molar-refractivity contribution in [3.05, 3.63) is 28.2 Å². The molecule has 0 bridgehead atoms. The largest absolute Gasteiger partial charge is 1.00 e. The monoisotopic (exact) mass is 298 g/mol. The lowest BCUT2D eigenvalue weighted by atomic mass is 10.3. The molecule has 0 atom stereocenters. The lowest BCUT2D eigenvalue weighted by Gasteiger charge is -1.92. The fourth-order valence-electron chi connectivity index (χ4n) is 0.777. The molecule has 0 heterocycles. The molecule has 0 spiro atoms. The minimum Gasteiger partial charge on any atom is -1.00 e. The van der Waals surface area contributed by atoms with Crippen molar-refractivity contribution in [3.8, 4) is 0 Å². The second-order valence-corrected chi connectivity index (χ2v) is 4.01. The number of diazo groups is 1. The van der Waals surface area contributed by atoms with Crippen molar-refractivity contribution in [1.29, 1.82) is 5.39 Å². The summed E-state index contributed by atoms with van der Waals surface area (Å²) >= 11 is 5.48. The molecule has 0 saturated heterocycles. The van der Waals surface area contributed by atoms with E-state index in [1.54, 1.807) is 0 Å². The maximum absolute atomic E-state index is 10.7. The highest BCUT2D eigenvalue weighted by Crippen LogP contribution is 2.26. The number of benzene rings is 1. The van der Waals surface area contributed by atoms with E-state index in [0.717, 1.165) is 6.07 Å². The maximum Gasteiger partial charge on any atom is 0.406 e. The molecule has 0 unspecified atom stereocenters. The average molecular weight is 300 g/mol. The Kier molecular flexibility index (Phi) is 4.48. The topological polar surface area (TPSA) is 82.5 Å². The summed E-state index contributed by atoms with van der Waals surface area (Å²) in [6.45, 7) is 0. The number of nitrogens with zero attached hydrogens (tertiary/aromatic N) is 2. The molecular formula is C6H4BrClN2O3S. The second-order valence-electron chi connectivity index (χ2n) is 2.19. The lowest BCUT2D eigenvalue weighted by Crippen LogP contribution is -3.00. The molecule has 0 aliphatic heterocycles. The SMILES string of the molecule is N#[N+]c1ccc(Cl)cc1S(=O)(=O)O.[Br-]. The highest BCUT2D eigenvalue weighted by atomic mass is 79.9. The summed E-state index contributed by atoms with van der Waals surface area (Å²) in [5, 5.41) is 8.50. The predicted octanol–water partition coefficient (Wildman–Crippen LogP) is -0.925. The van der Waals surface area contributed by atoms with Crippen molar-refractivity contribution in [1.82, 2.24) is 0 Å². The highest BCUT2D eigenvalue weighted by Gasteiger charge is 2.24. The van der Waals surface area contributed by atoms with E-state index in [1.165, 1.54) is 12.1 Å². The Bertz CT molecular complexity index is 482. The van der Waals surface area contributed by atoms with Gasteiger partial charge < -0.3 is 17.0 Å². The normalized spacial score (nSPS) is 10.1. The molecule has 5 nitrogen and oxygen atoms in total. The number of hydrogen-bond donors (Lipinski definition) is 1. The van der Waals surface area contributed by atoms with Crippen molar-refractivity contribution in [2.24, 2.45) is 0 Å². The Balaban J connectivity index is 0.00000169. The zero-order valence-electron chi connectivity index (χ0n) is 6.55. The first-order valence-corrected chi connectivity index (χ1v) is 4.89. The van der Waals surface area contributed by atoms with Crippen LogP contribution in [0.5, 0.6) is 0 Å². The molecule has 0 aliphatic rings. The lowest BCUT2D eigenvalue weighted by molar-refractivity contribution is -0.00000696. The van der Waals surface area contributed by atoms with Crippen LogP contribution in [-0.4, -0.2) is 13.0 Å². The van der Waals surface area contributed by atoms with Crippen LogP contribution in [0, 0.1) is 5.39 Å². The number of rotatable bonds is 1.